The van der Waals surface area contributed by atoms with Gasteiger partial charge in [-0.1, -0.05) is 0 Å². The van der Waals surface area contributed by atoms with Gasteiger partial charge in [0.25, 0.3) is 5.91 Å². The van der Waals surface area contributed by atoms with Crippen molar-refractivity contribution in [2.75, 3.05) is 0 Å². The highest BCUT2D eigenvalue weighted by Crippen LogP contribution is 2.15. The molecule has 2 heterocycles. The Morgan fingerprint density at radius 3 is 2.67 bits per heavy atom. The zero-order chi connectivity index (χ0) is 19.1. The number of nitrogens with one attached hydrogen (secondary N) is 1. The zero-order valence-electron chi connectivity index (χ0n) is 14.0. The first-order valence-corrected chi connectivity index (χ1v) is 7.90. The third kappa shape index (κ3) is 5.02. The van der Waals surface area contributed by atoms with Crippen LogP contribution in [0.2, 0.25) is 0 Å². The smallest absolute Gasteiger partial charge is 0.371 e. The van der Waals surface area contributed by atoms with E-state index in [9.17, 15) is 9.59 Å². The number of rotatable bonds is 7. The lowest BCUT2D eigenvalue weighted by Gasteiger charge is -2.04. The van der Waals surface area contributed by atoms with Gasteiger partial charge in [0.1, 0.15) is 18.1 Å². The molecule has 2 N–H and O–H groups in total. The van der Waals surface area contributed by atoms with Crippen molar-refractivity contribution in [2.24, 2.45) is 5.10 Å². The Labute approximate surface area is 154 Å². The van der Waals surface area contributed by atoms with Crippen molar-refractivity contribution in [3.8, 4) is 5.75 Å². The predicted molar refractivity (Wildman–Crippen MR) is 95.7 cm³/mol. The Morgan fingerprint density at radius 2 is 2.00 bits per heavy atom. The minimum absolute atomic E-state index is 0.113. The highest BCUT2D eigenvalue weighted by molar-refractivity contribution is 5.94. The lowest BCUT2D eigenvalue weighted by molar-refractivity contribution is 0.0658. The van der Waals surface area contributed by atoms with Gasteiger partial charge in [-0.25, -0.2) is 10.2 Å². The second-order valence-electron chi connectivity index (χ2n) is 5.37. The molecular formula is C19H15N3O5. The molecule has 0 radical (unpaired) electrons. The fraction of sp³-hybridized carbons (Fsp3) is 0.0526. The number of aromatic carboxylic acids is 1. The molecule has 0 aliphatic carbocycles. The van der Waals surface area contributed by atoms with Crippen molar-refractivity contribution in [1.29, 1.82) is 0 Å². The van der Waals surface area contributed by atoms with E-state index in [0.29, 0.717) is 17.1 Å². The minimum Gasteiger partial charge on any atom is -0.486 e. The molecule has 27 heavy (non-hydrogen) atoms. The molecule has 2 aromatic heterocycles. The van der Waals surface area contributed by atoms with Crippen LogP contribution in [0.15, 0.2) is 70.4 Å². The molecule has 0 fully saturated rings. The Bertz CT molecular complexity index is 949. The lowest BCUT2D eigenvalue weighted by atomic mass is 10.2. The van der Waals surface area contributed by atoms with Gasteiger partial charge in [-0.15, -0.1) is 0 Å². The van der Waals surface area contributed by atoms with Gasteiger partial charge in [-0.2, -0.15) is 5.10 Å². The van der Waals surface area contributed by atoms with E-state index in [-0.39, 0.29) is 18.3 Å². The number of benzene rings is 1. The van der Waals surface area contributed by atoms with E-state index < -0.39 is 5.97 Å². The first-order valence-electron chi connectivity index (χ1n) is 7.90. The fourth-order valence-electron chi connectivity index (χ4n) is 2.10. The summed E-state index contributed by atoms with van der Waals surface area (Å²) in [5, 5.41) is 12.7. The molecule has 1 aromatic carbocycles. The third-order valence-corrected chi connectivity index (χ3v) is 3.44. The predicted octanol–water partition coefficient (Wildman–Crippen LogP) is 2.72. The lowest BCUT2D eigenvalue weighted by Crippen LogP contribution is -2.17. The minimum atomic E-state index is -1.12. The number of carbonyl (C=O) groups excluding carboxylic acids is 1. The number of ether oxygens (including phenoxy) is 1. The number of amides is 1. The maximum Gasteiger partial charge on any atom is 0.371 e. The van der Waals surface area contributed by atoms with Gasteiger partial charge in [-0.05, 0) is 54.1 Å². The number of carbonyl (C=O) groups is 2. The zero-order valence-corrected chi connectivity index (χ0v) is 14.0. The first-order chi connectivity index (χ1) is 13.1. The molecule has 0 bridgehead atoms. The number of hydrogen-bond acceptors (Lipinski definition) is 6. The van der Waals surface area contributed by atoms with Gasteiger partial charge in [0.15, 0.2) is 0 Å². The molecule has 0 saturated heterocycles. The molecule has 0 aliphatic heterocycles. The summed E-state index contributed by atoms with van der Waals surface area (Å²) in [5.74, 6) is -0.608. The summed E-state index contributed by atoms with van der Waals surface area (Å²) in [6, 6.07) is 13.2. The van der Waals surface area contributed by atoms with Gasteiger partial charge in [0.05, 0.1) is 11.8 Å². The number of hydrazone groups is 1. The summed E-state index contributed by atoms with van der Waals surface area (Å²) in [5.41, 5.74) is 3.60. The molecule has 8 nitrogen and oxygen atoms in total. The second kappa shape index (κ2) is 8.43. The maximum absolute atomic E-state index is 11.8. The van der Waals surface area contributed by atoms with Crippen LogP contribution in [0.5, 0.6) is 5.75 Å². The molecular weight excluding hydrogens is 350 g/mol. The topological polar surface area (TPSA) is 114 Å². The van der Waals surface area contributed by atoms with Crippen LogP contribution in [0, 0.1) is 0 Å². The van der Waals surface area contributed by atoms with E-state index in [1.54, 1.807) is 48.7 Å². The summed E-state index contributed by atoms with van der Waals surface area (Å²) in [7, 11) is 0. The fourth-order valence-corrected chi connectivity index (χ4v) is 2.10. The molecule has 0 saturated carbocycles. The molecule has 3 rings (SSSR count). The number of nitrogens with zero attached hydrogens (tertiary/aromatic N) is 2. The van der Waals surface area contributed by atoms with Crippen LogP contribution >= 0.6 is 0 Å². The third-order valence-electron chi connectivity index (χ3n) is 3.44. The van der Waals surface area contributed by atoms with Gasteiger partial charge in [-0.3, -0.25) is 9.78 Å². The van der Waals surface area contributed by atoms with Crippen molar-refractivity contribution in [3.63, 3.8) is 0 Å². The van der Waals surface area contributed by atoms with Crippen LogP contribution in [0.1, 0.15) is 32.2 Å². The summed E-state index contributed by atoms with van der Waals surface area (Å²) >= 11 is 0. The van der Waals surface area contributed by atoms with E-state index in [4.69, 9.17) is 14.3 Å². The molecule has 0 atom stereocenters. The van der Waals surface area contributed by atoms with Gasteiger partial charge >= 0.3 is 5.97 Å². The van der Waals surface area contributed by atoms with E-state index in [0.717, 1.165) is 5.56 Å². The number of pyridine rings is 1. The van der Waals surface area contributed by atoms with Crippen LogP contribution in [0.25, 0.3) is 0 Å². The van der Waals surface area contributed by atoms with Crippen molar-refractivity contribution in [1.82, 2.24) is 10.4 Å². The van der Waals surface area contributed by atoms with Crippen molar-refractivity contribution in [3.05, 3.63) is 83.6 Å². The summed E-state index contributed by atoms with van der Waals surface area (Å²) in [4.78, 5) is 26.4. The monoisotopic (exact) mass is 365 g/mol. The molecule has 136 valence electrons. The molecule has 1 amide bonds. The molecule has 0 aliphatic rings. The highest BCUT2D eigenvalue weighted by Gasteiger charge is 2.09. The normalized spacial score (nSPS) is 10.7. The largest absolute Gasteiger partial charge is 0.486 e. The Morgan fingerprint density at radius 1 is 1.19 bits per heavy atom. The summed E-state index contributed by atoms with van der Waals surface area (Å²) < 4.78 is 10.6. The second-order valence-corrected chi connectivity index (χ2v) is 5.37. The van der Waals surface area contributed by atoms with Crippen molar-refractivity contribution < 1.29 is 23.8 Å². The summed E-state index contributed by atoms with van der Waals surface area (Å²) in [6.45, 7) is 0.113. The van der Waals surface area contributed by atoms with E-state index in [1.807, 2.05) is 0 Å². The Balaban J connectivity index is 1.50. The molecule has 3 aromatic rings. The van der Waals surface area contributed by atoms with Crippen LogP contribution in [0.3, 0.4) is 0 Å². The van der Waals surface area contributed by atoms with E-state index >= 15 is 0 Å². The maximum atomic E-state index is 11.8. The Hall–Kier alpha value is -3.94. The van der Waals surface area contributed by atoms with Gasteiger partial charge in [0, 0.05) is 12.4 Å². The average molecular weight is 365 g/mol. The van der Waals surface area contributed by atoms with E-state index in [1.165, 1.54) is 18.5 Å². The number of hydrogen-bond donors (Lipinski definition) is 2. The van der Waals surface area contributed by atoms with Gasteiger partial charge < -0.3 is 14.3 Å². The number of aromatic nitrogens is 1. The van der Waals surface area contributed by atoms with Crippen molar-refractivity contribution >= 4 is 18.1 Å². The van der Waals surface area contributed by atoms with Crippen LogP contribution in [0.4, 0.5) is 0 Å². The first kappa shape index (κ1) is 17.9. The van der Waals surface area contributed by atoms with Crippen LogP contribution in [-0.4, -0.2) is 28.2 Å². The van der Waals surface area contributed by atoms with Crippen LogP contribution < -0.4 is 10.2 Å². The SMILES string of the molecule is O=C(N/N=C\c1ccc(OCc2ccc(C(=O)O)o2)cc1)c1cccnc1. The quantitative estimate of drug-likeness (QED) is 0.491. The van der Waals surface area contributed by atoms with Crippen molar-refractivity contribution in [2.45, 2.75) is 6.61 Å². The summed E-state index contributed by atoms with van der Waals surface area (Å²) in [6.07, 6.45) is 4.54. The van der Waals surface area contributed by atoms with Gasteiger partial charge in [0.2, 0.25) is 5.76 Å². The number of furan rings is 1. The van der Waals surface area contributed by atoms with Crippen LogP contribution in [-0.2, 0) is 6.61 Å². The standard InChI is InChI=1S/C19H15N3O5/c23-18(14-2-1-9-20-11-14)22-21-10-13-3-5-15(6-4-13)26-12-16-7-8-17(27-16)19(24)25/h1-11H,12H2,(H,22,23)(H,24,25)/b21-10-. The number of carboxylic acid groups (broad SMARTS) is 1. The van der Waals surface area contributed by atoms with E-state index in [2.05, 4.69) is 15.5 Å². The Kier molecular flexibility index (Phi) is 5.58. The average Bonchev–Trinajstić information content (AvgIpc) is 3.17. The number of carboxylic acids is 1. The highest BCUT2D eigenvalue weighted by atomic mass is 16.5. The molecule has 0 unspecified atom stereocenters. The molecule has 0 spiro atoms. The molecule has 8 heteroatoms.